The Labute approximate surface area is 96.5 Å². The molecule has 0 heterocycles. The number of benzene rings is 1. The number of anilines is 1. The summed E-state index contributed by atoms with van der Waals surface area (Å²) in [6.07, 6.45) is 0. The fourth-order valence-corrected chi connectivity index (χ4v) is 1.12. The maximum Gasteiger partial charge on any atom is 0.150 e. The summed E-state index contributed by atoms with van der Waals surface area (Å²) in [5.41, 5.74) is 5.42. The zero-order valence-corrected chi connectivity index (χ0v) is 10.5. The van der Waals surface area contributed by atoms with Gasteiger partial charge in [-0.25, -0.2) is 0 Å². The van der Waals surface area contributed by atoms with Crippen LogP contribution in [0, 0.1) is 19.1 Å². The second-order valence-corrected chi connectivity index (χ2v) is 4.90. The molecule has 16 heavy (non-hydrogen) atoms. The van der Waals surface area contributed by atoms with Gasteiger partial charge in [-0.05, 0) is 46.2 Å². The molecule has 1 aromatic rings. The summed E-state index contributed by atoms with van der Waals surface area (Å²) in [6, 6.07) is 5.87. The maximum absolute atomic E-state index is 11.5. The molecule has 0 aliphatic heterocycles. The van der Waals surface area contributed by atoms with Crippen molar-refractivity contribution < 1.29 is 4.86 Å². The topological polar surface area (TPSA) is 50.5 Å². The van der Waals surface area contributed by atoms with E-state index in [1.54, 1.807) is 0 Å². The number of nitrogens with one attached hydrogen (secondary N) is 1. The minimum absolute atomic E-state index is 0.523. The Balaban J connectivity index is 2.87. The molecule has 4 nitrogen and oxygen atoms in total. The summed E-state index contributed by atoms with van der Waals surface area (Å²) in [7, 11) is 0. The summed E-state index contributed by atoms with van der Waals surface area (Å²) < 4.78 is 0. The van der Waals surface area contributed by atoms with Crippen molar-refractivity contribution in [3.63, 3.8) is 0 Å². The molecule has 1 aromatic carbocycles. The Morgan fingerprint density at radius 3 is 2.44 bits per heavy atom. The number of hydrogen-bond acceptors (Lipinski definition) is 2. The highest BCUT2D eigenvalue weighted by Gasteiger charge is 2.15. The average molecular weight is 221 g/mol. The van der Waals surface area contributed by atoms with Crippen molar-refractivity contribution in [2.24, 2.45) is 5.22 Å². The van der Waals surface area contributed by atoms with Gasteiger partial charge in [-0.1, -0.05) is 12.1 Å². The van der Waals surface area contributed by atoms with Crippen LogP contribution in [-0.4, -0.2) is 10.4 Å². The summed E-state index contributed by atoms with van der Waals surface area (Å²) in [4.78, 5) is 0.675. The maximum atomic E-state index is 11.5. The van der Waals surface area contributed by atoms with Gasteiger partial charge in [-0.15, -0.1) is 5.43 Å². The number of aryl methyl sites for hydroxylation is 1. The quantitative estimate of drug-likeness (QED) is 0.473. The van der Waals surface area contributed by atoms with Crippen LogP contribution in [-0.2, 0) is 0 Å². The third-order valence-corrected chi connectivity index (χ3v) is 2.44. The second-order valence-electron chi connectivity index (χ2n) is 4.90. The van der Waals surface area contributed by atoms with Crippen molar-refractivity contribution in [2.75, 3.05) is 5.43 Å². The van der Waals surface area contributed by atoms with E-state index < -0.39 is 5.54 Å². The Morgan fingerprint density at radius 2 is 1.88 bits per heavy atom. The SMILES string of the molecule is Cc1cccc(N/N=[N+](\[O-])C(C)(C)C)c1C. The second kappa shape index (κ2) is 4.51. The summed E-state index contributed by atoms with van der Waals surface area (Å²) >= 11 is 0. The molecule has 0 amide bonds. The van der Waals surface area contributed by atoms with Crippen LogP contribution < -0.4 is 5.43 Å². The molecule has 0 fully saturated rings. The van der Waals surface area contributed by atoms with Gasteiger partial charge in [0.1, 0.15) is 11.2 Å². The van der Waals surface area contributed by atoms with Crippen LogP contribution in [0.1, 0.15) is 31.9 Å². The van der Waals surface area contributed by atoms with Crippen molar-refractivity contribution in [1.82, 2.24) is 0 Å². The minimum atomic E-state index is -0.523. The highest BCUT2D eigenvalue weighted by molar-refractivity contribution is 5.52. The highest BCUT2D eigenvalue weighted by Crippen LogP contribution is 2.18. The molecular weight excluding hydrogens is 202 g/mol. The molecule has 0 bridgehead atoms. The fraction of sp³-hybridized carbons (Fsp3) is 0.500. The Bertz CT molecular complexity index is 405. The molecule has 1 rings (SSSR count). The molecule has 4 heteroatoms. The van der Waals surface area contributed by atoms with Crippen molar-refractivity contribution in [3.8, 4) is 0 Å². The van der Waals surface area contributed by atoms with Crippen LogP contribution in [0.4, 0.5) is 5.69 Å². The van der Waals surface area contributed by atoms with Gasteiger partial charge in [0.25, 0.3) is 0 Å². The third-order valence-electron chi connectivity index (χ3n) is 2.44. The van der Waals surface area contributed by atoms with Crippen molar-refractivity contribution in [1.29, 1.82) is 0 Å². The Kier molecular flexibility index (Phi) is 3.52. The summed E-state index contributed by atoms with van der Waals surface area (Å²) in [5, 5.41) is 15.3. The average Bonchev–Trinajstić information content (AvgIpc) is 2.18. The van der Waals surface area contributed by atoms with Gasteiger partial charge in [0, 0.05) is 5.56 Å². The van der Waals surface area contributed by atoms with Gasteiger partial charge in [0.05, 0.1) is 5.22 Å². The molecule has 0 unspecified atom stereocenters. The van der Waals surface area contributed by atoms with Gasteiger partial charge in [-0.3, -0.25) is 0 Å². The predicted octanol–water partition coefficient (Wildman–Crippen LogP) is 3.39. The normalized spacial score (nSPS) is 12.7. The van der Waals surface area contributed by atoms with Crippen molar-refractivity contribution in [2.45, 2.75) is 40.2 Å². The van der Waals surface area contributed by atoms with Crippen molar-refractivity contribution >= 4 is 5.69 Å². The van der Waals surface area contributed by atoms with Crippen LogP contribution in [0.25, 0.3) is 0 Å². The fourth-order valence-electron chi connectivity index (χ4n) is 1.12. The molecule has 0 spiro atoms. The Hall–Kier alpha value is -1.58. The van der Waals surface area contributed by atoms with E-state index in [9.17, 15) is 5.21 Å². The molecule has 0 saturated carbocycles. The number of hydrogen-bond donors (Lipinski definition) is 1. The van der Waals surface area contributed by atoms with Crippen molar-refractivity contribution in [3.05, 3.63) is 34.5 Å². The number of nitrogens with zero attached hydrogens (tertiary/aromatic N) is 2. The van der Waals surface area contributed by atoms with Crippen LogP contribution in [0.3, 0.4) is 0 Å². The molecule has 0 radical (unpaired) electrons. The summed E-state index contributed by atoms with van der Waals surface area (Å²) in [6.45, 7) is 9.47. The van der Waals surface area contributed by atoms with Crippen LogP contribution in [0.5, 0.6) is 0 Å². The standard InChI is InChI=1S/C12H19N3O/c1-9-7-6-8-11(10(9)2)13-14-15(16)12(3,4)5/h6-8,13H,1-5H3/b15-14-. The first-order valence-electron chi connectivity index (χ1n) is 5.32. The zero-order chi connectivity index (χ0) is 12.3. The first kappa shape index (κ1) is 12.5. The molecule has 0 atom stereocenters. The first-order chi connectivity index (χ1) is 7.32. The van der Waals surface area contributed by atoms with Gasteiger partial charge >= 0.3 is 0 Å². The van der Waals surface area contributed by atoms with E-state index in [1.807, 2.05) is 52.8 Å². The highest BCUT2D eigenvalue weighted by atomic mass is 16.5. The molecule has 0 aromatic heterocycles. The van der Waals surface area contributed by atoms with Gasteiger partial charge in [-0.2, -0.15) is 4.86 Å². The van der Waals surface area contributed by atoms with Gasteiger partial charge in [0.2, 0.25) is 0 Å². The number of rotatable bonds is 2. The lowest BCUT2D eigenvalue weighted by Gasteiger charge is -2.20. The first-order valence-corrected chi connectivity index (χ1v) is 5.32. The number of hydroxylamine groups is 1. The lowest BCUT2D eigenvalue weighted by Crippen LogP contribution is -2.27. The van der Waals surface area contributed by atoms with Gasteiger partial charge in [0.15, 0.2) is 0 Å². The predicted molar refractivity (Wildman–Crippen MR) is 65.3 cm³/mol. The smallest absolute Gasteiger partial charge is 0.150 e. The van der Waals surface area contributed by atoms with E-state index in [-0.39, 0.29) is 0 Å². The molecule has 0 aliphatic carbocycles. The Morgan fingerprint density at radius 1 is 1.25 bits per heavy atom. The van der Waals surface area contributed by atoms with Crippen LogP contribution in [0.15, 0.2) is 23.4 Å². The lowest BCUT2D eigenvalue weighted by atomic mass is 10.1. The third kappa shape index (κ3) is 2.95. The molecule has 0 saturated heterocycles. The van der Waals surface area contributed by atoms with E-state index in [2.05, 4.69) is 10.6 Å². The van der Waals surface area contributed by atoms with E-state index >= 15 is 0 Å². The largest absolute Gasteiger partial charge is 0.695 e. The van der Waals surface area contributed by atoms with Crippen LogP contribution >= 0.6 is 0 Å². The molecule has 1 N–H and O–H groups in total. The van der Waals surface area contributed by atoms with Gasteiger partial charge < -0.3 is 5.21 Å². The lowest BCUT2D eigenvalue weighted by molar-refractivity contribution is -0.597. The van der Waals surface area contributed by atoms with Crippen LogP contribution in [0.2, 0.25) is 0 Å². The van der Waals surface area contributed by atoms with E-state index in [0.717, 1.165) is 11.3 Å². The monoisotopic (exact) mass is 221 g/mol. The minimum Gasteiger partial charge on any atom is -0.695 e. The summed E-state index contributed by atoms with van der Waals surface area (Å²) in [5.74, 6) is 0. The molecular formula is C12H19N3O. The van der Waals surface area contributed by atoms with E-state index in [4.69, 9.17) is 0 Å². The molecule has 0 aliphatic rings. The van der Waals surface area contributed by atoms with E-state index in [1.165, 1.54) is 5.56 Å². The molecule has 88 valence electrons. The zero-order valence-electron chi connectivity index (χ0n) is 10.5. The van der Waals surface area contributed by atoms with E-state index in [0.29, 0.717) is 4.86 Å².